The third kappa shape index (κ3) is 4.65. The van der Waals surface area contributed by atoms with E-state index in [1.807, 2.05) is 0 Å². The Morgan fingerprint density at radius 3 is 2.61 bits per heavy atom. The van der Waals surface area contributed by atoms with Gasteiger partial charge in [0.25, 0.3) is 0 Å². The van der Waals surface area contributed by atoms with Crippen LogP contribution in [0.2, 0.25) is 5.02 Å². The summed E-state index contributed by atoms with van der Waals surface area (Å²) < 4.78 is 47.6. The van der Waals surface area contributed by atoms with Crippen molar-refractivity contribution in [2.45, 2.75) is 19.6 Å². The van der Waals surface area contributed by atoms with E-state index < -0.39 is 18.5 Å². The highest BCUT2D eigenvalue weighted by Gasteiger charge is 2.19. The summed E-state index contributed by atoms with van der Waals surface area (Å²) in [4.78, 5) is 17.0. The molecule has 1 atom stereocenters. The molecule has 36 heavy (non-hydrogen) atoms. The average molecular weight is 512 g/mol. The lowest BCUT2D eigenvalue weighted by atomic mass is 10.0. The Bertz CT molecular complexity index is 1530. The quantitative estimate of drug-likeness (QED) is 0.272. The van der Waals surface area contributed by atoms with Gasteiger partial charge in [0, 0.05) is 35.1 Å². The zero-order valence-corrected chi connectivity index (χ0v) is 19.4. The largest absolute Gasteiger partial charge is 0.482 e. The van der Waals surface area contributed by atoms with Gasteiger partial charge in [0.2, 0.25) is 0 Å². The molecule has 1 N–H and O–H groups in total. The number of aromatic nitrogens is 6. The van der Waals surface area contributed by atoms with Gasteiger partial charge in [-0.05, 0) is 37.3 Å². The minimum absolute atomic E-state index is 0.0441. The molecule has 5 aromatic rings. The van der Waals surface area contributed by atoms with Gasteiger partial charge in [0.15, 0.2) is 17.7 Å². The van der Waals surface area contributed by atoms with Crippen molar-refractivity contribution < 1.29 is 17.9 Å². The Morgan fingerprint density at radius 1 is 1.06 bits per heavy atom. The Kier molecular flexibility index (Phi) is 6.38. The Balaban J connectivity index is 1.63. The lowest BCUT2D eigenvalue weighted by molar-refractivity contribution is 0.0566. The highest BCUT2D eigenvalue weighted by atomic mass is 35.5. The van der Waals surface area contributed by atoms with Gasteiger partial charge in [0.1, 0.15) is 17.9 Å². The number of hydrogen-bond donors (Lipinski definition) is 1. The Labute approximate surface area is 207 Å². The van der Waals surface area contributed by atoms with Gasteiger partial charge >= 0.3 is 6.55 Å². The predicted octanol–water partition coefficient (Wildman–Crippen LogP) is 6.35. The predicted molar refractivity (Wildman–Crippen MR) is 128 cm³/mol. The van der Waals surface area contributed by atoms with Crippen LogP contribution in [0, 0.1) is 5.82 Å². The van der Waals surface area contributed by atoms with Gasteiger partial charge < -0.3 is 10.1 Å². The highest BCUT2D eigenvalue weighted by Crippen LogP contribution is 2.38. The number of nitrogens with zero attached hydrogens (tertiary/aromatic N) is 6. The monoisotopic (exact) mass is 511 g/mol. The van der Waals surface area contributed by atoms with E-state index in [0.29, 0.717) is 44.1 Å². The minimum atomic E-state index is -2.80. The molecule has 12 heteroatoms. The molecular weight excluding hydrogens is 495 g/mol. The standard InChI is InChI=1S/C24H17ClF3N7O/c1-13(22-29-6-3-7-30-22)36-20-9-16-19(8-15(20)14-10-33-35(11-14)24(27)28)31-12-32-23(16)34-18-5-2-4-17(25)21(18)26/h2-13,24H,1H3,(H,31,32,34)/t13-/m1/s1. The first-order chi connectivity index (χ1) is 17.4. The molecular formula is C24H17ClF3N7O. The van der Waals surface area contributed by atoms with E-state index in [9.17, 15) is 13.2 Å². The number of benzene rings is 2. The van der Waals surface area contributed by atoms with E-state index in [1.165, 1.54) is 30.9 Å². The number of fused-ring (bicyclic) bond motifs is 1. The van der Waals surface area contributed by atoms with Crippen LogP contribution in [0.4, 0.5) is 24.7 Å². The number of ether oxygens (including phenoxy) is 1. The fraction of sp³-hybridized carbons (Fsp3) is 0.125. The van der Waals surface area contributed by atoms with Gasteiger partial charge in [-0.1, -0.05) is 17.7 Å². The zero-order chi connectivity index (χ0) is 25.2. The van der Waals surface area contributed by atoms with Crippen LogP contribution in [0.15, 0.2) is 67.5 Å². The SMILES string of the molecule is C[C@@H](Oc1cc2c(Nc3cccc(Cl)c3F)ncnc2cc1-c1cnn(C(F)F)c1)c1ncccn1. The van der Waals surface area contributed by atoms with Crippen LogP contribution in [-0.4, -0.2) is 29.7 Å². The molecule has 5 rings (SSSR count). The fourth-order valence-corrected chi connectivity index (χ4v) is 3.76. The van der Waals surface area contributed by atoms with E-state index in [1.54, 1.807) is 43.6 Å². The van der Waals surface area contributed by atoms with Gasteiger partial charge in [-0.2, -0.15) is 13.9 Å². The summed E-state index contributed by atoms with van der Waals surface area (Å²) in [5.74, 6) is 0.411. The average Bonchev–Trinajstić information content (AvgIpc) is 3.38. The Hall–Kier alpha value is -4.25. The summed E-state index contributed by atoms with van der Waals surface area (Å²) in [5, 5.41) is 7.12. The maximum absolute atomic E-state index is 14.5. The van der Waals surface area contributed by atoms with Crippen LogP contribution in [0.1, 0.15) is 25.4 Å². The molecule has 0 unspecified atom stereocenters. The highest BCUT2D eigenvalue weighted by molar-refractivity contribution is 6.31. The van der Waals surface area contributed by atoms with Crippen molar-refractivity contribution >= 4 is 34.0 Å². The first-order valence-corrected chi connectivity index (χ1v) is 11.0. The van der Waals surface area contributed by atoms with Crippen molar-refractivity contribution in [2.75, 3.05) is 5.32 Å². The molecule has 0 bridgehead atoms. The van der Waals surface area contributed by atoms with E-state index in [-0.39, 0.29) is 10.7 Å². The molecule has 0 radical (unpaired) electrons. The second kappa shape index (κ2) is 9.78. The van der Waals surface area contributed by atoms with E-state index in [4.69, 9.17) is 16.3 Å². The van der Waals surface area contributed by atoms with Gasteiger partial charge in [0.05, 0.1) is 22.4 Å². The molecule has 0 aliphatic heterocycles. The summed E-state index contributed by atoms with van der Waals surface area (Å²) in [6.45, 7) is -1.04. The second-order valence-electron chi connectivity index (χ2n) is 7.67. The molecule has 0 saturated heterocycles. The van der Waals surface area contributed by atoms with Crippen LogP contribution in [0.5, 0.6) is 5.75 Å². The van der Waals surface area contributed by atoms with Gasteiger partial charge in [-0.15, -0.1) is 0 Å². The van der Waals surface area contributed by atoms with Gasteiger partial charge in [-0.3, -0.25) is 0 Å². The van der Waals surface area contributed by atoms with Crippen molar-refractivity contribution in [1.29, 1.82) is 0 Å². The summed E-state index contributed by atoms with van der Waals surface area (Å²) in [6.07, 6.45) is 6.42. The van der Waals surface area contributed by atoms with Crippen molar-refractivity contribution in [1.82, 2.24) is 29.7 Å². The molecule has 3 aromatic heterocycles. The number of halogens is 4. The fourth-order valence-electron chi connectivity index (χ4n) is 3.58. The third-order valence-electron chi connectivity index (χ3n) is 5.31. The number of hydrogen-bond acceptors (Lipinski definition) is 7. The summed E-state index contributed by atoms with van der Waals surface area (Å²) in [7, 11) is 0. The number of nitrogens with one attached hydrogen (secondary N) is 1. The van der Waals surface area contributed by atoms with Crippen LogP contribution in [0.3, 0.4) is 0 Å². The summed E-state index contributed by atoms with van der Waals surface area (Å²) in [6, 6.07) is 9.55. The van der Waals surface area contributed by atoms with Crippen molar-refractivity contribution in [3.8, 4) is 16.9 Å². The van der Waals surface area contributed by atoms with Crippen LogP contribution in [-0.2, 0) is 0 Å². The zero-order valence-electron chi connectivity index (χ0n) is 18.6. The van der Waals surface area contributed by atoms with Crippen molar-refractivity contribution in [2.24, 2.45) is 0 Å². The van der Waals surface area contributed by atoms with Crippen LogP contribution >= 0.6 is 11.6 Å². The van der Waals surface area contributed by atoms with Gasteiger partial charge in [-0.25, -0.2) is 29.0 Å². The normalized spacial score (nSPS) is 12.2. The number of anilines is 2. The molecule has 0 spiro atoms. The molecule has 0 aliphatic carbocycles. The second-order valence-corrected chi connectivity index (χ2v) is 8.08. The smallest absolute Gasteiger partial charge is 0.333 e. The number of alkyl halides is 2. The maximum atomic E-state index is 14.5. The third-order valence-corrected chi connectivity index (χ3v) is 5.60. The first-order valence-electron chi connectivity index (χ1n) is 10.7. The molecule has 3 heterocycles. The molecule has 0 aliphatic rings. The first kappa shape index (κ1) is 23.5. The van der Waals surface area contributed by atoms with Crippen molar-refractivity contribution in [3.63, 3.8) is 0 Å². The topological polar surface area (TPSA) is 90.6 Å². The molecule has 182 valence electrons. The molecule has 2 aromatic carbocycles. The van der Waals surface area contributed by atoms with E-state index in [2.05, 4.69) is 30.4 Å². The van der Waals surface area contributed by atoms with E-state index >= 15 is 0 Å². The lowest BCUT2D eigenvalue weighted by Crippen LogP contribution is -2.08. The van der Waals surface area contributed by atoms with Crippen LogP contribution < -0.4 is 10.1 Å². The maximum Gasteiger partial charge on any atom is 0.333 e. The summed E-state index contributed by atoms with van der Waals surface area (Å²) in [5.41, 5.74) is 1.45. The molecule has 0 amide bonds. The molecule has 0 saturated carbocycles. The lowest BCUT2D eigenvalue weighted by Gasteiger charge is -2.18. The molecule has 0 fully saturated rings. The minimum Gasteiger partial charge on any atom is -0.482 e. The van der Waals surface area contributed by atoms with E-state index in [0.717, 1.165) is 0 Å². The Morgan fingerprint density at radius 2 is 1.86 bits per heavy atom. The molecule has 8 nitrogen and oxygen atoms in total. The number of rotatable bonds is 7. The van der Waals surface area contributed by atoms with Crippen molar-refractivity contribution in [3.05, 3.63) is 84.2 Å². The van der Waals surface area contributed by atoms with Crippen LogP contribution in [0.25, 0.3) is 22.0 Å². The summed E-state index contributed by atoms with van der Waals surface area (Å²) >= 11 is 5.91.